The van der Waals surface area contributed by atoms with Crippen LogP contribution in [-0.4, -0.2) is 22.2 Å². The van der Waals surface area contributed by atoms with E-state index < -0.39 is 11.6 Å². The van der Waals surface area contributed by atoms with Crippen LogP contribution < -0.4 is 5.19 Å². The van der Waals surface area contributed by atoms with Crippen LogP contribution in [-0.2, 0) is 4.74 Å². The average molecular weight is 294 g/mol. The summed E-state index contributed by atoms with van der Waals surface area (Å²) >= 11 is 0. The topological polar surface area (TPSA) is 9.23 Å². The largest absolute Gasteiger partial charge is 0.374 e. The van der Waals surface area contributed by atoms with E-state index in [1.807, 2.05) is 0 Å². The summed E-state index contributed by atoms with van der Waals surface area (Å²) in [5.41, 5.74) is 1.56. The maximum Gasteiger partial charge on any atom is 0.161 e. The first kappa shape index (κ1) is 15.4. The Hall–Kier alpha value is -1.00. The molecule has 2 rings (SSSR count). The number of halogens is 2. The molecule has 0 N–H and O–H groups in total. The quantitative estimate of drug-likeness (QED) is 0.596. The fourth-order valence-corrected chi connectivity index (χ4v) is 3.42. The molecule has 1 nitrogen and oxygen atoms in total. The molecule has 0 saturated carbocycles. The van der Waals surface area contributed by atoms with E-state index in [0.29, 0.717) is 23.5 Å². The lowest BCUT2D eigenvalue weighted by atomic mass is 10.1. The molecule has 1 atom stereocenters. The number of ether oxygens (including phenoxy) is 1. The Morgan fingerprint density at radius 1 is 1.30 bits per heavy atom. The number of benzene rings is 1. The fourth-order valence-electron chi connectivity index (χ4n) is 2.29. The van der Waals surface area contributed by atoms with Gasteiger partial charge in [0.25, 0.3) is 0 Å². The van der Waals surface area contributed by atoms with E-state index >= 15 is 0 Å². The minimum atomic E-state index is -0.716. The molecule has 0 bridgehead atoms. The van der Waals surface area contributed by atoms with Gasteiger partial charge in [-0.1, -0.05) is 37.1 Å². The number of aryl methyl sites for hydroxylation is 1. The van der Waals surface area contributed by atoms with E-state index in [4.69, 9.17) is 4.74 Å². The van der Waals surface area contributed by atoms with Crippen molar-refractivity contribution in [2.45, 2.75) is 45.3 Å². The summed E-state index contributed by atoms with van der Waals surface area (Å²) in [6, 6.07) is 4.10. The summed E-state index contributed by atoms with van der Waals surface area (Å²) in [5.74, 6) is -1.41. The smallest absolute Gasteiger partial charge is 0.161 e. The van der Waals surface area contributed by atoms with Gasteiger partial charge in [0.05, 0.1) is 22.2 Å². The minimum Gasteiger partial charge on any atom is -0.374 e. The first-order valence-electron chi connectivity index (χ1n) is 7.09. The Balaban J connectivity index is 1.92. The number of rotatable bonds is 5. The van der Waals surface area contributed by atoms with Gasteiger partial charge in [0.2, 0.25) is 0 Å². The van der Waals surface area contributed by atoms with Crippen LogP contribution in [0.1, 0.15) is 31.7 Å². The summed E-state index contributed by atoms with van der Waals surface area (Å²) < 4.78 is 33.0. The second-order valence-electron chi connectivity index (χ2n) is 5.23. The molecule has 0 fully saturated rings. The molecule has 0 aromatic heterocycles. The van der Waals surface area contributed by atoms with E-state index in [-0.39, 0.29) is 9.52 Å². The Labute approximate surface area is 121 Å². The third-order valence-corrected chi connectivity index (χ3v) is 4.96. The van der Waals surface area contributed by atoms with Gasteiger partial charge >= 0.3 is 0 Å². The van der Waals surface area contributed by atoms with Crippen molar-refractivity contribution in [3.8, 4) is 0 Å². The van der Waals surface area contributed by atoms with Gasteiger partial charge in [-0.2, -0.15) is 0 Å². The maximum atomic E-state index is 13.8. The monoisotopic (exact) mass is 294 g/mol. The molecule has 20 heavy (non-hydrogen) atoms. The molecule has 1 aliphatic heterocycles. The lowest BCUT2D eigenvalue weighted by Gasteiger charge is -2.22. The van der Waals surface area contributed by atoms with Crippen molar-refractivity contribution in [3.63, 3.8) is 0 Å². The zero-order valence-corrected chi connectivity index (χ0v) is 13.0. The van der Waals surface area contributed by atoms with Crippen molar-refractivity contribution in [2.24, 2.45) is 0 Å². The van der Waals surface area contributed by atoms with E-state index in [1.165, 1.54) is 5.57 Å². The summed E-state index contributed by atoms with van der Waals surface area (Å²) in [6.07, 6.45) is 5.70. The van der Waals surface area contributed by atoms with Gasteiger partial charge in [-0.3, -0.25) is 0 Å². The lowest BCUT2D eigenvalue weighted by molar-refractivity contribution is 0.0556. The Bertz CT molecular complexity index is 499. The van der Waals surface area contributed by atoms with Crippen molar-refractivity contribution in [1.82, 2.24) is 0 Å². The standard InChI is InChI=1S/C16H20F2OSi/c1-3-4-13-7-6-12(9-19-13)10-20-14-8-5-11(2)15(17)16(14)18/h5-6,8,13H,3-4,7,9-10H2,1-2H3. The molecule has 1 heterocycles. The molecular weight excluding hydrogens is 274 g/mol. The number of hydrogen-bond acceptors (Lipinski definition) is 1. The molecule has 0 aliphatic carbocycles. The Morgan fingerprint density at radius 3 is 2.75 bits per heavy atom. The highest BCUT2D eigenvalue weighted by atomic mass is 28.2. The van der Waals surface area contributed by atoms with E-state index in [9.17, 15) is 8.78 Å². The zero-order chi connectivity index (χ0) is 14.5. The molecule has 1 aromatic rings. The van der Waals surface area contributed by atoms with Crippen LogP contribution in [0.3, 0.4) is 0 Å². The van der Waals surface area contributed by atoms with Crippen LogP contribution in [0.5, 0.6) is 0 Å². The highest BCUT2D eigenvalue weighted by molar-refractivity contribution is 6.54. The summed E-state index contributed by atoms with van der Waals surface area (Å²) in [7, 11) is 0.257. The van der Waals surface area contributed by atoms with Crippen molar-refractivity contribution in [3.05, 3.63) is 41.0 Å². The van der Waals surface area contributed by atoms with Crippen LogP contribution in [0.15, 0.2) is 23.8 Å². The third-order valence-electron chi connectivity index (χ3n) is 3.57. The van der Waals surface area contributed by atoms with Gasteiger partial charge in [-0.25, -0.2) is 8.78 Å². The van der Waals surface area contributed by atoms with Crippen LogP contribution >= 0.6 is 0 Å². The van der Waals surface area contributed by atoms with Crippen LogP contribution in [0, 0.1) is 18.6 Å². The molecule has 1 aromatic carbocycles. The highest BCUT2D eigenvalue weighted by Crippen LogP contribution is 2.18. The molecule has 1 aliphatic rings. The van der Waals surface area contributed by atoms with E-state index in [0.717, 1.165) is 25.3 Å². The van der Waals surface area contributed by atoms with Crippen LogP contribution in [0.25, 0.3) is 0 Å². The van der Waals surface area contributed by atoms with Gasteiger partial charge in [0, 0.05) is 0 Å². The molecule has 1 unspecified atom stereocenters. The Kier molecular flexibility index (Phi) is 5.49. The molecule has 0 spiro atoms. The lowest BCUT2D eigenvalue weighted by Crippen LogP contribution is -2.24. The van der Waals surface area contributed by atoms with Crippen LogP contribution in [0.4, 0.5) is 8.78 Å². The van der Waals surface area contributed by atoms with E-state index in [1.54, 1.807) is 19.1 Å². The first-order valence-corrected chi connectivity index (χ1v) is 8.30. The maximum absolute atomic E-state index is 13.8. The first-order chi connectivity index (χ1) is 9.61. The zero-order valence-electron chi connectivity index (χ0n) is 12.0. The van der Waals surface area contributed by atoms with Gasteiger partial charge in [-0.15, -0.1) is 0 Å². The highest BCUT2D eigenvalue weighted by Gasteiger charge is 2.16. The summed E-state index contributed by atoms with van der Waals surface area (Å²) in [6.45, 7) is 4.36. The van der Waals surface area contributed by atoms with Crippen molar-refractivity contribution >= 4 is 14.7 Å². The predicted octanol–water partition coefficient (Wildman–Crippen LogP) is 3.54. The Morgan fingerprint density at radius 2 is 2.10 bits per heavy atom. The van der Waals surface area contributed by atoms with Crippen molar-refractivity contribution < 1.29 is 13.5 Å². The normalized spacial score (nSPS) is 19.0. The summed E-state index contributed by atoms with van der Waals surface area (Å²) in [5, 5.41) is 0.477. The number of hydrogen-bond donors (Lipinski definition) is 0. The molecule has 108 valence electrons. The molecular formula is C16H20F2OSi. The van der Waals surface area contributed by atoms with Crippen molar-refractivity contribution in [2.75, 3.05) is 6.61 Å². The van der Waals surface area contributed by atoms with Gasteiger partial charge < -0.3 is 4.74 Å². The average Bonchev–Trinajstić information content (AvgIpc) is 2.46. The fraction of sp³-hybridized carbons (Fsp3) is 0.500. The molecule has 4 heteroatoms. The SMILES string of the molecule is CCCC1CC=C(C[Si]c2ccc(C)c(F)c2F)CO1. The molecule has 0 saturated heterocycles. The van der Waals surface area contributed by atoms with E-state index in [2.05, 4.69) is 13.0 Å². The third kappa shape index (κ3) is 3.76. The van der Waals surface area contributed by atoms with Gasteiger partial charge in [0.15, 0.2) is 11.6 Å². The van der Waals surface area contributed by atoms with Crippen molar-refractivity contribution in [1.29, 1.82) is 0 Å². The van der Waals surface area contributed by atoms with Gasteiger partial charge in [-0.05, 0) is 36.6 Å². The molecule has 0 amide bonds. The second kappa shape index (κ2) is 7.13. The van der Waals surface area contributed by atoms with Crippen LogP contribution in [0.2, 0.25) is 6.04 Å². The minimum absolute atomic E-state index is 0.257. The predicted molar refractivity (Wildman–Crippen MR) is 78.6 cm³/mol. The van der Waals surface area contributed by atoms with Gasteiger partial charge in [0.1, 0.15) is 0 Å². The second-order valence-corrected chi connectivity index (χ2v) is 6.48. The summed E-state index contributed by atoms with van der Waals surface area (Å²) in [4.78, 5) is 0. The molecule has 2 radical (unpaired) electrons.